The van der Waals surface area contributed by atoms with Gasteiger partial charge in [-0.25, -0.2) is 0 Å². The fraction of sp³-hybridized carbons (Fsp3) is 0.579. The third kappa shape index (κ3) is 1.82. The quantitative estimate of drug-likeness (QED) is 0.717. The molecule has 1 aliphatic carbocycles. The van der Waals surface area contributed by atoms with Crippen molar-refractivity contribution in [3.63, 3.8) is 0 Å². The Hall–Kier alpha value is -1.49. The molecule has 1 saturated carbocycles. The molecule has 3 aliphatic heterocycles. The van der Waals surface area contributed by atoms with Crippen molar-refractivity contribution in [1.82, 2.24) is 0 Å². The van der Waals surface area contributed by atoms with E-state index in [0.29, 0.717) is 12.6 Å². The number of fused-ring (bicyclic) bond motifs is 4. The number of hydrogen-bond donors (Lipinski definition) is 0. The zero-order chi connectivity index (χ0) is 16.5. The summed E-state index contributed by atoms with van der Waals surface area (Å²) in [5, 5.41) is 0. The van der Waals surface area contributed by atoms with Crippen molar-refractivity contribution in [2.75, 3.05) is 6.61 Å². The van der Waals surface area contributed by atoms with Crippen LogP contribution in [0.25, 0.3) is 0 Å². The standard InChI is InChI=1S/C19H22O4S/c1-18(2)13-11-21-14-8-4-3-7-12(14)15(13)16-17(22-18)23-19(24(16)20)9-5-6-10-19/h3-4,7-8,13,15H,5-6,9-11H2,1-2H3/t13-,15+,24-/m0/s1. The van der Waals surface area contributed by atoms with Crippen LogP contribution in [0.1, 0.15) is 51.0 Å². The van der Waals surface area contributed by atoms with Gasteiger partial charge in [0.05, 0.1) is 6.61 Å². The fourth-order valence-corrected chi connectivity index (χ4v) is 6.62. The zero-order valence-corrected chi connectivity index (χ0v) is 14.9. The first-order chi connectivity index (χ1) is 11.5. The van der Waals surface area contributed by atoms with Gasteiger partial charge in [0.1, 0.15) is 27.1 Å². The van der Waals surface area contributed by atoms with Crippen LogP contribution < -0.4 is 4.74 Å². The van der Waals surface area contributed by atoms with Gasteiger partial charge >= 0.3 is 0 Å². The Bertz CT molecular complexity index is 760. The molecule has 3 heterocycles. The van der Waals surface area contributed by atoms with E-state index < -0.39 is 21.3 Å². The highest BCUT2D eigenvalue weighted by Gasteiger charge is 2.60. The van der Waals surface area contributed by atoms with E-state index >= 15 is 0 Å². The summed E-state index contributed by atoms with van der Waals surface area (Å²) in [7, 11) is -1.16. The van der Waals surface area contributed by atoms with Gasteiger partial charge in [0.25, 0.3) is 5.95 Å². The van der Waals surface area contributed by atoms with Gasteiger partial charge in [-0.05, 0) is 45.6 Å². The molecule has 0 unspecified atom stereocenters. The van der Waals surface area contributed by atoms with E-state index in [9.17, 15) is 4.21 Å². The van der Waals surface area contributed by atoms with Gasteiger partial charge in [-0.2, -0.15) is 0 Å². The number of ether oxygens (including phenoxy) is 3. The SMILES string of the molecule is CC1(C)OC2=C([C@@H]3c4ccccc4OC[C@@H]31)[S@](=O)C1(CCCC1)O2. The number of benzene rings is 1. The Morgan fingerprint density at radius 1 is 1.12 bits per heavy atom. The van der Waals surface area contributed by atoms with E-state index in [1.54, 1.807) is 0 Å². The van der Waals surface area contributed by atoms with E-state index in [-0.39, 0.29) is 11.8 Å². The minimum absolute atomic E-state index is 0.0505. The molecule has 1 fully saturated rings. The van der Waals surface area contributed by atoms with Gasteiger partial charge in [0.2, 0.25) is 0 Å². The number of allylic oxidation sites excluding steroid dienone is 1. The summed E-state index contributed by atoms with van der Waals surface area (Å²) in [6.45, 7) is 4.74. The number of para-hydroxylation sites is 1. The molecule has 0 N–H and O–H groups in total. The summed E-state index contributed by atoms with van der Waals surface area (Å²) in [6.07, 6.45) is 3.85. The van der Waals surface area contributed by atoms with Crippen LogP contribution in [-0.4, -0.2) is 21.3 Å². The van der Waals surface area contributed by atoms with Crippen LogP contribution in [-0.2, 0) is 20.3 Å². The molecule has 24 heavy (non-hydrogen) atoms. The molecule has 4 aliphatic rings. The first-order valence-corrected chi connectivity index (χ1v) is 9.93. The molecular weight excluding hydrogens is 324 g/mol. The Balaban J connectivity index is 1.68. The van der Waals surface area contributed by atoms with E-state index in [1.807, 2.05) is 18.2 Å². The molecule has 5 heteroatoms. The maximum Gasteiger partial charge on any atom is 0.294 e. The fourth-order valence-electron chi connectivity index (χ4n) is 4.65. The molecule has 0 bridgehead atoms. The molecule has 1 aromatic rings. The predicted molar refractivity (Wildman–Crippen MR) is 90.8 cm³/mol. The lowest BCUT2D eigenvalue weighted by molar-refractivity contribution is -0.128. The van der Waals surface area contributed by atoms with Crippen molar-refractivity contribution in [1.29, 1.82) is 0 Å². The molecule has 1 spiro atoms. The smallest absolute Gasteiger partial charge is 0.294 e. The van der Waals surface area contributed by atoms with Crippen LogP contribution in [0.2, 0.25) is 0 Å². The summed E-state index contributed by atoms with van der Waals surface area (Å²) in [5.74, 6) is 1.61. The highest BCUT2D eigenvalue weighted by atomic mass is 32.2. The maximum atomic E-state index is 13.4. The van der Waals surface area contributed by atoms with Crippen molar-refractivity contribution in [2.24, 2.45) is 5.92 Å². The number of rotatable bonds is 0. The molecule has 5 rings (SSSR count). The van der Waals surface area contributed by atoms with Gasteiger partial charge in [-0.3, -0.25) is 4.21 Å². The van der Waals surface area contributed by atoms with Crippen molar-refractivity contribution >= 4 is 10.8 Å². The van der Waals surface area contributed by atoms with Crippen molar-refractivity contribution in [3.05, 3.63) is 40.7 Å². The molecule has 3 atom stereocenters. The van der Waals surface area contributed by atoms with Crippen molar-refractivity contribution in [2.45, 2.75) is 56.0 Å². The Morgan fingerprint density at radius 2 is 1.88 bits per heavy atom. The van der Waals surface area contributed by atoms with Crippen LogP contribution in [0.15, 0.2) is 35.1 Å². The summed E-state index contributed by atoms with van der Waals surface area (Å²) < 4.78 is 31.9. The first-order valence-electron chi connectivity index (χ1n) is 8.78. The predicted octanol–water partition coefficient (Wildman–Crippen LogP) is 3.81. The van der Waals surface area contributed by atoms with Crippen LogP contribution in [0.5, 0.6) is 5.75 Å². The molecule has 0 saturated heterocycles. The zero-order valence-electron chi connectivity index (χ0n) is 14.0. The number of hydrogen-bond acceptors (Lipinski definition) is 4. The van der Waals surface area contributed by atoms with Crippen molar-refractivity contribution in [3.8, 4) is 5.75 Å². The van der Waals surface area contributed by atoms with Gasteiger partial charge < -0.3 is 14.2 Å². The third-order valence-corrected chi connectivity index (χ3v) is 7.98. The Kier molecular flexibility index (Phi) is 2.95. The second-order valence-corrected chi connectivity index (χ2v) is 9.50. The minimum Gasteiger partial charge on any atom is -0.493 e. The average Bonchev–Trinajstić information content (AvgIpc) is 3.13. The summed E-state index contributed by atoms with van der Waals surface area (Å²) in [5.41, 5.74) is 0.704. The monoisotopic (exact) mass is 346 g/mol. The van der Waals surface area contributed by atoms with Gasteiger partial charge in [-0.15, -0.1) is 0 Å². The van der Waals surface area contributed by atoms with E-state index in [0.717, 1.165) is 41.9 Å². The van der Waals surface area contributed by atoms with Crippen molar-refractivity contribution < 1.29 is 18.4 Å². The maximum absolute atomic E-state index is 13.4. The minimum atomic E-state index is -1.16. The van der Waals surface area contributed by atoms with Crippen LogP contribution in [0.4, 0.5) is 0 Å². The van der Waals surface area contributed by atoms with E-state index in [1.165, 1.54) is 0 Å². The topological polar surface area (TPSA) is 44.8 Å². The van der Waals surface area contributed by atoms with Crippen LogP contribution >= 0.6 is 0 Å². The second kappa shape index (κ2) is 4.78. The molecule has 4 nitrogen and oxygen atoms in total. The van der Waals surface area contributed by atoms with Gasteiger partial charge in [0, 0.05) is 17.4 Å². The third-order valence-electron chi connectivity index (χ3n) is 5.99. The highest BCUT2D eigenvalue weighted by Crippen LogP contribution is 2.58. The van der Waals surface area contributed by atoms with Gasteiger partial charge in [0.15, 0.2) is 4.93 Å². The first kappa shape index (κ1) is 14.8. The molecule has 128 valence electrons. The second-order valence-electron chi connectivity index (χ2n) is 7.78. The summed E-state index contributed by atoms with van der Waals surface area (Å²) in [6, 6.07) is 8.10. The van der Waals surface area contributed by atoms with Crippen LogP contribution in [0, 0.1) is 5.92 Å². The normalized spacial score (nSPS) is 34.7. The lowest BCUT2D eigenvalue weighted by Crippen LogP contribution is -2.47. The molecular formula is C19H22O4S. The largest absolute Gasteiger partial charge is 0.493 e. The lowest BCUT2D eigenvalue weighted by atomic mass is 9.74. The Morgan fingerprint density at radius 3 is 2.67 bits per heavy atom. The molecule has 0 radical (unpaired) electrons. The molecule has 0 amide bonds. The Labute approximate surface area is 144 Å². The van der Waals surface area contributed by atoms with Crippen LogP contribution in [0.3, 0.4) is 0 Å². The summed E-state index contributed by atoms with van der Waals surface area (Å²) in [4.78, 5) is 0.306. The average molecular weight is 346 g/mol. The highest BCUT2D eigenvalue weighted by molar-refractivity contribution is 7.90. The van der Waals surface area contributed by atoms with E-state index in [4.69, 9.17) is 14.2 Å². The molecule has 0 aromatic heterocycles. The van der Waals surface area contributed by atoms with E-state index in [2.05, 4.69) is 19.9 Å². The summed E-state index contributed by atoms with van der Waals surface area (Å²) >= 11 is 0. The molecule has 1 aromatic carbocycles. The lowest BCUT2D eigenvalue weighted by Gasteiger charge is -2.45. The van der Waals surface area contributed by atoms with Gasteiger partial charge in [-0.1, -0.05) is 18.2 Å².